The van der Waals surface area contributed by atoms with Gasteiger partial charge in [0, 0.05) is 59.0 Å². The third kappa shape index (κ3) is 5.62. The lowest BCUT2D eigenvalue weighted by molar-refractivity contribution is -0.117. The van der Waals surface area contributed by atoms with Crippen LogP contribution in [0.3, 0.4) is 0 Å². The summed E-state index contributed by atoms with van der Waals surface area (Å²) in [5.74, 6) is 0.290. The minimum absolute atomic E-state index is 0.0333. The molecule has 45 heavy (non-hydrogen) atoms. The number of likely N-dealkylation sites (tertiary alicyclic amines) is 1. The second-order valence-electron chi connectivity index (χ2n) is 11.8. The maximum atomic E-state index is 14.8. The Hall–Kier alpha value is -5.16. The second kappa shape index (κ2) is 11.4. The minimum Gasteiger partial charge on any atom is -0.492 e. The number of rotatable bonds is 9. The number of carbonyl (C=O) groups is 1. The Morgan fingerprint density at radius 3 is 2.69 bits per heavy atom. The van der Waals surface area contributed by atoms with E-state index in [0.29, 0.717) is 40.6 Å². The summed E-state index contributed by atoms with van der Waals surface area (Å²) < 4.78 is 20.8. The van der Waals surface area contributed by atoms with Gasteiger partial charge in [0.2, 0.25) is 5.91 Å². The molecule has 2 fully saturated rings. The average molecular weight is 603 g/mol. The molecule has 5 aromatic heterocycles. The predicted octanol–water partition coefficient (Wildman–Crippen LogP) is 6.19. The normalized spacial score (nSPS) is 15.2. The highest BCUT2D eigenvalue weighted by molar-refractivity contribution is 6.00. The van der Waals surface area contributed by atoms with Crippen molar-refractivity contribution in [2.24, 2.45) is 5.92 Å². The molecule has 2 aliphatic rings. The number of anilines is 1. The molecule has 1 aromatic carbocycles. The summed E-state index contributed by atoms with van der Waals surface area (Å²) in [6.45, 7) is 3.53. The number of aromatic nitrogens is 6. The quantitative estimate of drug-likeness (QED) is 0.180. The van der Waals surface area contributed by atoms with Crippen molar-refractivity contribution in [2.75, 3.05) is 31.6 Å². The molecule has 8 rings (SSSR count). The van der Waals surface area contributed by atoms with Gasteiger partial charge in [0.05, 0.1) is 17.6 Å². The number of nitrogens with zero attached hydrogens (tertiary/aromatic N) is 5. The highest BCUT2D eigenvalue weighted by Gasteiger charge is 2.29. The van der Waals surface area contributed by atoms with Crippen LogP contribution in [-0.2, 0) is 4.79 Å². The zero-order chi connectivity index (χ0) is 30.3. The van der Waals surface area contributed by atoms with Crippen molar-refractivity contribution in [3.05, 3.63) is 73.1 Å². The number of pyridine rings is 3. The van der Waals surface area contributed by atoms with Crippen LogP contribution in [0.15, 0.2) is 67.3 Å². The maximum Gasteiger partial charge on any atom is 0.227 e. The Bertz CT molecular complexity index is 2040. The van der Waals surface area contributed by atoms with Gasteiger partial charge in [-0.3, -0.25) is 19.8 Å². The molecule has 3 N–H and O–H groups in total. The van der Waals surface area contributed by atoms with Crippen LogP contribution in [0.2, 0.25) is 0 Å². The van der Waals surface area contributed by atoms with E-state index in [1.54, 1.807) is 24.8 Å². The zero-order valence-corrected chi connectivity index (χ0v) is 24.5. The topological polar surface area (TPSA) is 125 Å². The number of benzene rings is 1. The fourth-order valence-corrected chi connectivity index (χ4v) is 6.03. The van der Waals surface area contributed by atoms with Crippen LogP contribution in [0.4, 0.5) is 10.1 Å². The first kappa shape index (κ1) is 27.4. The van der Waals surface area contributed by atoms with E-state index in [4.69, 9.17) is 4.74 Å². The maximum absolute atomic E-state index is 14.8. The van der Waals surface area contributed by atoms with Gasteiger partial charge >= 0.3 is 0 Å². The molecular weight excluding hydrogens is 571 g/mol. The van der Waals surface area contributed by atoms with Crippen molar-refractivity contribution >= 4 is 33.7 Å². The van der Waals surface area contributed by atoms with E-state index in [-0.39, 0.29) is 17.6 Å². The Morgan fingerprint density at radius 2 is 1.82 bits per heavy atom. The van der Waals surface area contributed by atoms with Gasteiger partial charge in [0.25, 0.3) is 0 Å². The van der Waals surface area contributed by atoms with Gasteiger partial charge in [-0.2, -0.15) is 5.10 Å². The van der Waals surface area contributed by atoms with Crippen molar-refractivity contribution in [3.63, 3.8) is 0 Å². The summed E-state index contributed by atoms with van der Waals surface area (Å²) in [7, 11) is 0. The van der Waals surface area contributed by atoms with Crippen molar-refractivity contribution in [1.82, 2.24) is 35.0 Å². The van der Waals surface area contributed by atoms with Gasteiger partial charge in [-0.1, -0.05) is 0 Å². The van der Waals surface area contributed by atoms with E-state index >= 15 is 0 Å². The highest BCUT2D eigenvalue weighted by Crippen LogP contribution is 2.36. The van der Waals surface area contributed by atoms with Crippen molar-refractivity contribution in [1.29, 1.82) is 0 Å². The molecule has 1 saturated heterocycles. The lowest BCUT2D eigenvalue weighted by atomic mass is 10.0. The first-order valence-electron chi connectivity index (χ1n) is 15.3. The molecule has 6 aromatic rings. The number of halogens is 1. The number of hydrogen-bond donors (Lipinski definition) is 3. The Morgan fingerprint density at radius 1 is 0.956 bits per heavy atom. The number of hydrogen-bond acceptors (Lipinski definition) is 7. The van der Waals surface area contributed by atoms with E-state index in [2.05, 4.69) is 40.3 Å². The number of amides is 1. The lowest BCUT2D eigenvalue weighted by Crippen LogP contribution is -2.25. The first-order valence-corrected chi connectivity index (χ1v) is 15.3. The molecule has 1 aliphatic carbocycles. The summed E-state index contributed by atoms with van der Waals surface area (Å²) >= 11 is 0. The molecule has 0 spiro atoms. The second-order valence-corrected chi connectivity index (χ2v) is 11.8. The molecule has 1 amide bonds. The number of aromatic amines is 2. The largest absolute Gasteiger partial charge is 0.492 e. The van der Waals surface area contributed by atoms with Gasteiger partial charge in [0.15, 0.2) is 5.65 Å². The SMILES string of the molecule is O=C(Nc1cncc(-c2cnc3[nH]nc(-c4cc5c(-c6cc(F)cc(OCCN7CCCC7)c6)ccnc5[nH]4)c3c2)c1)C1CC1. The average Bonchev–Trinajstić information content (AvgIpc) is 3.40. The third-order valence-electron chi connectivity index (χ3n) is 8.55. The van der Waals surface area contributed by atoms with Crippen molar-refractivity contribution < 1.29 is 13.9 Å². The first-order chi connectivity index (χ1) is 22.1. The molecule has 10 nitrogen and oxygen atoms in total. The van der Waals surface area contributed by atoms with Crippen LogP contribution in [0.1, 0.15) is 25.7 Å². The molecule has 0 unspecified atom stereocenters. The number of ether oxygens (including phenoxy) is 1. The molecule has 0 radical (unpaired) electrons. The Kier molecular flexibility index (Phi) is 6.94. The van der Waals surface area contributed by atoms with Gasteiger partial charge in [-0.05, 0) is 86.3 Å². The summed E-state index contributed by atoms with van der Waals surface area (Å²) in [4.78, 5) is 31.5. The monoisotopic (exact) mass is 602 g/mol. The van der Waals surface area contributed by atoms with Gasteiger partial charge in [0.1, 0.15) is 29.5 Å². The van der Waals surface area contributed by atoms with Crippen molar-refractivity contribution in [3.8, 4) is 39.4 Å². The van der Waals surface area contributed by atoms with Crippen molar-refractivity contribution in [2.45, 2.75) is 25.7 Å². The lowest BCUT2D eigenvalue weighted by Gasteiger charge is -2.15. The standard InChI is InChI=1S/C34H31FN8O2/c35-24-11-21(13-26(15-24)45-10-9-43-7-1-2-8-43)27-5-6-37-32-28(27)16-30(40-32)31-29-14-23(18-38-33(29)42-41-31)22-12-25(19-36-17-22)39-34(44)20-3-4-20/h5-6,11-20H,1-4,7-10H2,(H,37,40)(H,39,44)(H,38,41,42). The van der Waals surface area contributed by atoms with E-state index in [1.807, 2.05) is 30.3 Å². The Balaban J connectivity index is 1.10. The van der Waals surface area contributed by atoms with E-state index < -0.39 is 0 Å². The van der Waals surface area contributed by atoms with Crippen LogP contribution in [0.5, 0.6) is 5.75 Å². The molecule has 11 heteroatoms. The van der Waals surface area contributed by atoms with Crippen LogP contribution in [0.25, 0.3) is 55.7 Å². The fraction of sp³-hybridized carbons (Fsp3) is 0.265. The Labute approximate surface area is 258 Å². The molecule has 0 bridgehead atoms. The smallest absolute Gasteiger partial charge is 0.227 e. The minimum atomic E-state index is -0.355. The molecule has 1 saturated carbocycles. The molecule has 0 atom stereocenters. The van der Waals surface area contributed by atoms with Crippen LogP contribution in [0, 0.1) is 11.7 Å². The van der Waals surface area contributed by atoms with Crippen LogP contribution >= 0.6 is 0 Å². The summed E-state index contributed by atoms with van der Waals surface area (Å²) in [6.07, 6.45) is 11.2. The predicted molar refractivity (Wildman–Crippen MR) is 170 cm³/mol. The number of fused-ring (bicyclic) bond motifs is 2. The summed E-state index contributed by atoms with van der Waals surface area (Å²) in [5, 5.41) is 12.2. The number of H-pyrrole nitrogens is 2. The molecule has 1 aliphatic heterocycles. The van der Waals surface area contributed by atoms with Crippen LogP contribution < -0.4 is 10.1 Å². The molecule has 6 heterocycles. The van der Waals surface area contributed by atoms with Gasteiger partial charge in [-0.25, -0.2) is 14.4 Å². The molecular formula is C34H31FN8O2. The zero-order valence-electron chi connectivity index (χ0n) is 24.5. The van der Waals surface area contributed by atoms with Gasteiger partial charge < -0.3 is 15.0 Å². The summed E-state index contributed by atoms with van der Waals surface area (Å²) in [5.41, 5.74) is 6.59. The number of nitrogens with one attached hydrogen (secondary N) is 3. The van der Waals surface area contributed by atoms with Gasteiger partial charge in [-0.15, -0.1) is 0 Å². The third-order valence-corrected chi connectivity index (χ3v) is 8.55. The fourth-order valence-electron chi connectivity index (χ4n) is 6.03. The van der Waals surface area contributed by atoms with E-state index in [0.717, 1.165) is 65.6 Å². The highest BCUT2D eigenvalue weighted by atomic mass is 19.1. The van der Waals surface area contributed by atoms with E-state index in [9.17, 15) is 9.18 Å². The number of carbonyl (C=O) groups excluding carboxylic acids is 1. The van der Waals surface area contributed by atoms with E-state index in [1.165, 1.54) is 25.0 Å². The molecule has 226 valence electrons. The summed E-state index contributed by atoms with van der Waals surface area (Å²) in [6, 6.07) is 12.6. The van der Waals surface area contributed by atoms with Crippen LogP contribution in [-0.4, -0.2) is 67.2 Å².